The molecule has 0 spiro atoms. The summed E-state index contributed by atoms with van der Waals surface area (Å²) in [4.78, 5) is 35.1. The average molecular weight is 323 g/mol. The number of aromatic nitrogens is 4. The van der Waals surface area contributed by atoms with Gasteiger partial charge in [0.25, 0.3) is 11.5 Å². The molecule has 1 atom stereocenters. The van der Waals surface area contributed by atoms with E-state index in [9.17, 15) is 9.59 Å². The summed E-state index contributed by atoms with van der Waals surface area (Å²) in [5.41, 5.74) is 0.319. The van der Waals surface area contributed by atoms with E-state index >= 15 is 0 Å². The summed E-state index contributed by atoms with van der Waals surface area (Å²) in [6.07, 6.45) is 6.48. The van der Waals surface area contributed by atoms with Gasteiger partial charge in [-0.05, 0) is 6.92 Å². The van der Waals surface area contributed by atoms with E-state index in [1.807, 2.05) is 48.0 Å². The van der Waals surface area contributed by atoms with E-state index in [0.717, 1.165) is 5.56 Å². The monoisotopic (exact) mass is 323 g/mol. The van der Waals surface area contributed by atoms with Crippen LogP contribution in [0.2, 0.25) is 0 Å². The van der Waals surface area contributed by atoms with Gasteiger partial charge in [-0.15, -0.1) is 0 Å². The molecule has 24 heavy (non-hydrogen) atoms. The highest BCUT2D eigenvalue weighted by atomic mass is 16.2. The molecule has 2 aromatic heterocycles. The Hall–Kier alpha value is -3.22. The van der Waals surface area contributed by atoms with Crippen LogP contribution in [0.4, 0.5) is 0 Å². The van der Waals surface area contributed by atoms with Crippen LogP contribution >= 0.6 is 0 Å². The molecule has 0 aliphatic rings. The van der Waals surface area contributed by atoms with E-state index in [1.165, 1.54) is 6.20 Å². The van der Waals surface area contributed by atoms with Crippen molar-refractivity contribution in [1.29, 1.82) is 0 Å². The second-order valence-corrected chi connectivity index (χ2v) is 5.41. The minimum Gasteiger partial charge on any atom is -0.350 e. The highest BCUT2D eigenvalue weighted by Crippen LogP contribution is 2.11. The number of imidazole rings is 1. The van der Waals surface area contributed by atoms with Crippen LogP contribution in [0.3, 0.4) is 0 Å². The number of nitrogens with zero attached hydrogens (tertiary/aromatic N) is 3. The van der Waals surface area contributed by atoms with Crippen LogP contribution in [0.1, 0.15) is 23.3 Å². The summed E-state index contributed by atoms with van der Waals surface area (Å²) < 4.78 is 1.88. The molecule has 1 aromatic carbocycles. The third kappa shape index (κ3) is 3.40. The fourth-order valence-electron chi connectivity index (χ4n) is 2.27. The van der Waals surface area contributed by atoms with Crippen molar-refractivity contribution in [1.82, 2.24) is 24.8 Å². The van der Waals surface area contributed by atoms with E-state index < -0.39 is 11.5 Å². The molecule has 7 heteroatoms. The lowest BCUT2D eigenvalue weighted by Crippen LogP contribution is -2.33. The smallest absolute Gasteiger partial charge is 0.264 e. The number of benzene rings is 1. The average Bonchev–Trinajstić information content (AvgIpc) is 3.15. The lowest BCUT2D eigenvalue weighted by Gasteiger charge is -2.13. The number of carbonyl (C=O) groups excluding carboxylic acids is 1. The van der Waals surface area contributed by atoms with Crippen LogP contribution in [0.15, 0.2) is 60.0 Å². The van der Waals surface area contributed by atoms with Crippen molar-refractivity contribution in [3.63, 3.8) is 0 Å². The van der Waals surface area contributed by atoms with Gasteiger partial charge in [-0.1, -0.05) is 30.3 Å². The summed E-state index contributed by atoms with van der Waals surface area (Å²) in [7, 11) is 0. The molecule has 0 saturated heterocycles. The van der Waals surface area contributed by atoms with Gasteiger partial charge in [-0.3, -0.25) is 9.59 Å². The number of rotatable bonds is 5. The zero-order chi connectivity index (χ0) is 16.9. The first kappa shape index (κ1) is 15.7. The molecule has 3 rings (SSSR count). The molecule has 0 aliphatic carbocycles. The summed E-state index contributed by atoms with van der Waals surface area (Å²) in [5, 5.41) is 2.74. The van der Waals surface area contributed by atoms with Crippen LogP contribution in [-0.2, 0) is 0 Å². The van der Waals surface area contributed by atoms with Crippen LogP contribution in [0, 0.1) is 0 Å². The zero-order valence-corrected chi connectivity index (χ0v) is 13.1. The molecule has 2 N–H and O–H groups in total. The number of carbonyl (C=O) groups is 1. The summed E-state index contributed by atoms with van der Waals surface area (Å²) in [5.74, 6) is -0.0146. The largest absolute Gasteiger partial charge is 0.350 e. The minimum absolute atomic E-state index is 0.00693. The van der Waals surface area contributed by atoms with Gasteiger partial charge in [0.2, 0.25) is 0 Å². The van der Waals surface area contributed by atoms with E-state index in [4.69, 9.17) is 0 Å². The van der Waals surface area contributed by atoms with E-state index in [2.05, 4.69) is 20.3 Å². The lowest BCUT2D eigenvalue weighted by atomic mass is 10.2. The Bertz CT molecular complexity index is 872. The number of H-pyrrole nitrogens is 1. The molecule has 3 aromatic rings. The van der Waals surface area contributed by atoms with Gasteiger partial charge in [0.1, 0.15) is 11.4 Å². The molecule has 122 valence electrons. The van der Waals surface area contributed by atoms with Crippen molar-refractivity contribution in [3.05, 3.63) is 71.2 Å². The standard InChI is InChI=1S/C17H17N5O2/c1-12(22-8-7-18-11-22)9-20-16(23)14-10-19-15(21-17(14)24)13-5-3-2-4-6-13/h2-8,10-12H,9H2,1H3,(H,20,23)(H,19,21,24). The van der Waals surface area contributed by atoms with Gasteiger partial charge in [0.05, 0.1) is 6.33 Å². The first-order chi connectivity index (χ1) is 11.6. The Morgan fingerprint density at radius 2 is 2.12 bits per heavy atom. The molecule has 1 unspecified atom stereocenters. The van der Waals surface area contributed by atoms with Gasteiger partial charge >= 0.3 is 0 Å². The third-order valence-electron chi connectivity index (χ3n) is 3.68. The summed E-state index contributed by atoms with van der Waals surface area (Å²) >= 11 is 0. The quantitative estimate of drug-likeness (QED) is 0.746. The molecular formula is C17H17N5O2. The Labute approximate surface area is 138 Å². The second kappa shape index (κ2) is 6.91. The molecular weight excluding hydrogens is 306 g/mol. The van der Waals surface area contributed by atoms with Crippen molar-refractivity contribution in [2.24, 2.45) is 0 Å². The first-order valence-electron chi connectivity index (χ1n) is 7.55. The van der Waals surface area contributed by atoms with Crippen LogP contribution in [0.5, 0.6) is 0 Å². The van der Waals surface area contributed by atoms with Crippen LogP contribution < -0.4 is 10.9 Å². The minimum atomic E-state index is -0.461. The fraction of sp³-hybridized carbons (Fsp3) is 0.176. The predicted octanol–water partition coefficient (Wildman–Crippen LogP) is 1.62. The Morgan fingerprint density at radius 1 is 1.33 bits per heavy atom. The van der Waals surface area contributed by atoms with Gasteiger partial charge in [0.15, 0.2) is 0 Å². The van der Waals surface area contributed by atoms with Crippen LogP contribution in [-0.4, -0.2) is 32.0 Å². The van der Waals surface area contributed by atoms with Crippen molar-refractivity contribution >= 4 is 5.91 Å². The van der Waals surface area contributed by atoms with Gasteiger partial charge in [-0.25, -0.2) is 9.97 Å². The number of aromatic amines is 1. The number of amides is 1. The number of hydrogen-bond donors (Lipinski definition) is 2. The van der Waals surface area contributed by atoms with Crippen LogP contribution in [0.25, 0.3) is 11.4 Å². The highest BCUT2D eigenvalue weighted by Gasteiger charge is 2.13. The third-order valence-corrected chi connectivity index (χ3v) is 3.68. The SMILES string of the molecule is CC(CNC(=O)c1cnc(-c2ccccc2)[nH]c1=O)n1ccnc1. The Morgan fingerprint density at radius 3 is 2.79 bits per heavy atom. The zero-order valence-electron chi connectivity index (χ0n) is 13.1. The molecule has 7 nitrogen and oxygen atoms in total. The predicted molar refractivity (Wildman–Crippen MR) is 89.6 cm³/mol. The molecule has 0 radical (unpaired) electrons. The molecule has 0 aliphatic heterocycles. The van der Waals surface area contributed by atoms with Crippen molar-refractivity contribution in [3.8, 4) is 11.4 Å². The van der Waals surface area contributed by atoms with E-state index in [-0.39, 0.29) is 11.6 Å². The van der Waals surface area contributed by atoms with Crippen molar-refractivity contribution in [2.75, 3.05) is 6.54 Å². The summed E-state index contributed by atoms with van der Waals surface area (Å²) in [6.45, 7) is 2.33. The van der Waals surface area contributed by atoms with E-state index in [0.29, 0.717) is 12.4 Å². The molecule has 2 heterocycles. The summed E-state index contributed by atoms with van der Waals surface area (Å²) in [6, 6.07) is 9.30. The Balaban J connectivity index is 1.70. The maximum Gasteiger partial charge on any atom is 0.264 e. The number of hydrogen-bond acceptors (Lipinski definition) is 4. The second-order valence-electron chi connectivity index (χ2n) is 5.41. The highest BCUT2D eigenvalue weighted by molar-refractivity contribution is 5.93. The normalized spacial score (nSPS) is 11.9. The molecule has 0 fully saturated rings. The number of nitrogens with one attached hydrogen (secondary N) is 2. The molecule has 0 saturated carbocycles. The Kier molecular flexibility index (Phi) is 4.51. The van der Waals surface area contributed by atoms with E-state index in [1.54, 1.807) is 12.5 Å². The van der Waals surface area contributed by atoms with Crippen molar-refractivity contribution < 1.29 is 4.79 Å². The maximum atomic E-state index is 12.2. The van der Waals surface area contributed by atoms with Gasteiger partial charge in [-0.2, -0.15) is 0 Å². The topological polar surface area (TPSA) is 92.7 Å². The molecule has 1 amide bonds. The first-order valence-corrected chi connectivity index (χ1v) is 7.55. The maximum absolute atomic E-state index is 12.2. The molecule has 0 bridgehead atoms. The fourth-order valence-corrected chi connectivity index (χ4v) is 2.27. The van der Waals surface area contributed by atoms with Gasteiger partial charge < -0.3 is 14.9 Å². The van der Waals surface area contributed by atoms with Gasteiger partial charge in [0, 0.05) is 36.7 Å². The van der Waals surface area contributed by atoms with Crippen molar-refractivity contribution in [2.45, 2.75) is 13.0 Å². The lowest BCUT2D eigenvalue weighted by molar-refractivity contribution is 0.0946.